The number of pyridine rings is 1. The van der Waals surface area contributed by atoms with Gasteiger partial charge in [0, 0.05) is 37.4 Å². The van der Waals surface area contributed by atoms with Crippen molar-refractivity contribution in [2.45, 2.75) is 114 Å². The fraction of sp³-hybridized carbons (Fsp3) is 0.475. The monoisotopic (exact) mass is 752 g/mol. The minimum Gasteiger partial charge on any atom is -0.333 e. The largest absolute Gasteiger partial charge is 0.333 e. The summed E-state index contributed by atoms with van der Waals surface area (Å²) in [4.78, 5) is 5.15. The molecule has 0 aliphatic heterocycles. The molecule has 3 heteroatoms. The van der Waals surface area contributed by atoms with Crippen molar-refractivity contribution in [1.82, 2.24) is 9.38 Å². The molecule has 0 fully saturated rings. The number of benzene rings is 3. The van der Waals surface area contributed by atoms with Crippen LogP contribution in [0.1, 0.15) is 129 Å². The molecule has 0 unspecified atom stereocenters. The van der Waals surface area contributed by atoms with E-state index in [2.05, 4.69) is 136 Å². The molecular weight excluding hydrogens is 701 g/mol. The van der Waals surface area contributed by atoms with Gasteiger partial charge in [-0.05, 0) is 80.7 Å². The molecule has 0 saturated carbocycles. The second-order valence-corrected chi connectivity index (χ2v) is 15.9. The molecule has 2 aromatic heterocycles. The Morgan fingerprint density at radius 1 is 0.744 bits per heavy atom. The maximum Gasteiger partial charge on any atom is 0.0639 e. The first-order valence-corrected chi connectivity index (χ1v) is 16.0. The van der Waals surface area contributed by atoms with Crippen LogP contribution in [-0.4, -0.2) is 9.38 Å². The predicted octanol–water partition coefficient (Wildman–Crippen LogP) is 11.7. The van der Waals surface area contributed by atoms with Gasteiger partial charge >= 0.3 is 0 Å². The van der Waals surface area contributed by atoms with E-state index in [-0.39, 0.29) is 30.9 Å². The standard InChI is InChI=1S/C40H51N2.Ir/c1-24(2)27-17-32(25(3)4)37(33(18-27)26(5)6)36-23-41-38-31-16-14-13-15-30(31)34-19-28(21-39(7,8)9)29(22-40(10,11)12)20-35(34)42(36)38;/h13-15,17-20,23-26H,21-22H2,1-12H3;/q-1;. The quantitative estimate of drug-likeness (QED) is 0.125. The Morgan fingerprint density at radius 2 is 1.30 bits per heavy atom. The molecule has 1 radical (unpaired) electrons. The van der Waals surface area contributed by atoms with Crippen molar-refractivity contribution < 1.29 is 20.1 Å². The van der Waals surface area contributed by atoms with Crippen molar-refractivity contribution in [3.63, 3.8) is 0 Å². The van der Waals surface area contributed by atoms with Crippen LogP contribution < -0.4 is 0 Å². The van der Waals surface area contributed by atoms with Gasteiger partial charge in [-0.25, -0.2) is 0 Å². The van der Waals surface area contributed by atoms with E-state index in [4.69, 9.17) is 4.98 Å². The molecule has 0 N–H and O–H groups in total. The minimum absolute atomic E-state index is 0. The van der Waals surface area contributed by atoms with E-state index in [1.807, 2.05) is 6.07 Å². The van der Waals surface area contributed by atoms with Gasteiger partial charge < -0.3 is 4.40 Å². The first kappa shape index (κ1) is 33.4. The molecule has 3 aromatic carbocycles. The summed E-state index contributed by atoms with van der Waals surface area (Å²) in [6, 6.07) is 19.9. The molecule has 231 valence electrons. The van der Waals surface area contributed by atoms with E-state index in [0.29, 0.717) is 17.8 Å². The van der Waals surface area contributed by atoms with Gasteiger partial charge in [0.05, 0.1) is 11.3 Å². The molecule has 0 bridgehead atoms. The van der Waals surface area contributed by atoms with E-state index in [1.54, 1.807) is 0 Å². The zero-order valence-electron chi connectivity index (χ0n) is 28.5. The zero-order chi connectivity index (χ0) is 30.7. The topological polar surface area (TPSA) is 17.3 Å². The van der Waals surface area contributed by atoms with Gasteiger partial charge in [-0.15, -0.1) is 29.7 Å². The predicted molar refractivity (Wildman–Crippen MR) is 183 cm³/mol. The van der Waals surface area contributed by atoms with Crippen LogP contribution >= 0.6 is 0 Å². The molecule has 0 aliphatic rings. The molecule has 5 aromatic rings. The molecule has 0 saturated heterocycles. The van der Waals surface area contributed by atoms with Gasteiger partial charge in [-0.1, -0.05) is 107 Å². The second kappa shape index (κ2) is 12.1. The Bertz CT molecular complexity index is 1740. The number of rotatable bonds is 6. The maximum atomic E-state index is 5.15. The Kier molecular flexibility index (Phi) is 9.43. The molecular formula is C40H51IrN2-. The van der Waals surface area contributed by atoms with E-state index in [9.17, 15) is 0 Å². The SMILES string of the molecule is CC(C)c1cc(C(C)C)c(-c2cnc3c4[c-]cccc4c4cc(CC(C)(C)C)c(CC(C)(C)C)cc4n23)c(C(C)C)c1.[Ir]. The van der Waals surface area contributed by atoms with Crippen LogP contribution in [-0.2, 0) is 32.9 Å². The van der Waals surface area contributed by atoms with E-state index >= 15 is 0 Å². The Balaban J connectivity index is 0.00000423. The van der Waals surface area contributed by atoms with Gasteiger partial charge in [0.25, 0.3) is 0 Å². The van der Waals surface area contributed by atoms with Crippen LogP contribution in [0.2, 0.25) is 0 Å². The second-order valence-electron chi connectivity index (χ2n) is 15.9. The minimum atomic E-state index is 0. The van der Waals surface area contributed by atoms with Crippen molar-refractivity contribution >= 4 is 27.3 Å². The number of nitrogens with zero attached hydrogens (tertiary/aromatic N) is 2. The fourth-order valence-corrected chi connectivity index (χ4v) is 6.60. The average Bonchev–Trinajstić information content (AvgIpc) is 3.32. The molecule has 2 nitrogen and oxygen atoms in total. The van der Waals surface area contributed by atoms with Gasteiger partial charge in [0.2, 0.25) is 0 Å². The number of hydrogen-bond donors (Lipinski definition) is 0. The Labute approximate surface area is 274 Å². The number of imidazole rings is 1. The van der Waals surface area contributed by atoms with Gasteiger partial charge in [-0.2, -0.15) is 0 Å². The number of aromatic nitrogens is 2. The summed E-state index contributed by atoms with van der Waals surface area (Å²) in [6.45, 7) is 28.0. The summed E-state index contributed by atoms with van der Waals surface area (Å²) >= 11 is 0. The van der Waals surface area contributed by atoms with Crippen molar-refractivity contribution in [3.05, 3.63) is 82.5 Å². The van der Waals surface area contributed by atoms with Crippen LogP contribution in [0.4, 0.5) is 0 Å². The number of hydrogen-bond acceptors (Lipinski definition) is 1. The fourth-order valence-electron chi connectivity index (χ4n) is 6.60. The van der Waals surface area contributed by atoms with E-state index in [1.165, 1.54) is 55.4 Å². The van der Waals surface area contributed by atoms with Crippen LogP contribution in [0.25, 0.3) is 38.6 Å². The molecule has 2 heterocycles. The first-order chi connectivity index (χ1) is 19.6. The van der Waals surface area contributed by atoms with Gasteiger partial charge in [0.1, 0.15) is 0 Å². The van der Waals surface area contributed by atoms with E-state index in [0.717, 1.165) is 23.9 Å². The average molecular weight is 752 g/mol. The summed E-state index contributed by atoms with van der Waals surface area (Å²) < 4.78 is 2.46. The summed E-state index contributed by atoms with van der Waals surface area (Å²) in [6.07, 6.45) is 4.22. The number of fused-ring (bicyclic) bond motifs is 6. The Hall–Kier alpha value is -2.48. The molecule has 0 atom stereocenters. The van der Waals surface area contributed by atoms with Gasteiger partial charge in [0.15, 0.2) is 0 Å². The van der Waals surface area contributed by atoms with E-state index < -0.39 is 0 Å². The first-order valence-electron chi connectivity index (χ1n) is 16.0. The Morgan fingerprint density at radius 3 is 1.81 bits per heavy atom. The van der Waals surface area contributed by atoms with Crippen LogP contribution in [0.15, 0.2) is 48.7 Å². The molecule has 0 aliphatic carbocycles. The van der Waals surface area contributed by atoms with Crippen molar-refractivity contribution in [2.75, 3.05) is 0 Å². The third kappa shape index (κ3) is 6.64. The van der Waals surface area contributed by atoms with Gasteiger partial charge in [-0.3, -0.25) is 4.98 Å². The summed E-state index contributed by atoms with van der Waals surface area (Å²) in [7, 11) is 0. The molecule has 0 amide bonds. The van der Waals surface area contributed by atoms with Crippen molar-refractivity contribution in [1.29, 1.82) is 0 Å². The van der Waals surface area contributed by atoms with Crippen LogP contribution in [0, 0.1) is 16.9 Å². The zero-order valence-corrected chi connectivity index (χ0v) is 30.9. The summed E-state index contributed by atoms with van der Waals surface area (Å²) in [5.74, 6) is 1.28. The smallest absolute Gasteiger partial charge is 0.0639 e. The maximum absolute atomic E-state index is 5.15. The molecule has 43 heavy (non-hydrogen) atoms. The van der Waals surface area contributed by atoms with Crippen molar-refractivity contribution in [3.8, 4) is 11.3 Å². The molecule has 0 spiro atoms. The third-order valence-corrected chi connectivity index (χ3v) is 8.52. The van der Waals surface area contributed by atoms with Crippen molar-refractivity contribution in [2.24, 2.45) is 10.8 Å². The normalized spacial score (nSPS) is 12.8. The third-order valence-electron chi connectivity index (χ3n) is 8.52. The summed E-state index contributed by atoms with van der Waals surface area (Å²) in [5, 5.41) is 3.62. The summed E-state index contributed by atoms with van der Waals surface area (Å²) in [5.41, 5.74) is 12.3. The molecule has 5 rings (SSSR count). The van der Waals surface area contributed by atoms with Crippen LogP contribution in [0.3, 0.4) is 0 Å². The van der Waals surface area contributed by atoms with Crippen LogP contribution in [0.5, 0.6) is 0 Å².